The van der Waals surface area contributed by atoms with Crippen molar-refractivity contribution in [3.05, 3.63) is 29.7 Å². The number of fused-ring (bicyclic) bond motifs is 1. The molecule has 4 nitrogen and oxygen atoms in total. The zero-order valence-corrected chi connectivity index (χ0v) is 9.48. The Morgan fingerprint density at radius 1 is 1.44 bits per heavy atom. The van der Waals surface area contributed by atoms with Crippen molar-refractivity contribution in [3.63, 3.8) is 0 Å². The number of hydrogen-bond acceptors (Lipinski definition) is 4. The highest BCUT2D eigenvalue weighted by atomic mass is 32.2. The van der Waals surface area contributed by atoms with Gasteiger partial charge in [-0.2, -0.15) is 11.8 Å². The minimum Gasteiger partial charge on any atom is -0.296 e. The van der Waals surface area contributed by atoms with Crippen LogP contribution in [0.1, 0.15) is 28.7 Å². The van der Waals surface area contributed by atoms with E-state index >= 15 is 0 Å². The second kappa shape index (κ2) is 3.90. The highest BCUT2D eigenvalue weighted by Crippen LogP contribution is 2.31. The van der Waals surface area contributed by atoms with Crippen molar-refractivity contribution in [2.45, 2.75) is 12.3 Å². The maximum absolute atomic E-state index is 11.0. The average Bonchev–Trinajstić information content (AvgIpc) is 2.96. The zero-order chi connectivity index (χ0) is 11.0. The number of aromatic nitrogens is 3. The van der Waals surface area contributed by atoms with Gasteiger partial charge in [0.2, 0.25) is 0 Å². The van der Waals surface area contributed by atoms with E-state index in [0.29, 0.717) is 11.6 Å². The molecule has 3 rings (SSSR count). The monoisotopic (exact) mass is 233 g/mol. The number of thioether (sulfide) groups is 1. The Bertz CT molecular complexity index is 531. The van der Waals surface area contributed by atoms with E-state index in [2.05, 4.69) is 10.2 Å². The van der Waals surface area contributed by atoms with Crippen LogP contribution < -0.4 is 0 Å². The van der Waals surface area contributed by atoms with Gasteiger partial charge in [0.1, 0.15) is 5.82 Å². The summed E-state index contributed by atoms with van der Waals surface area (Å²) in [5.74, 6) is 3.61. The van der Waals surface area contributed by atoms with Crippen molar-refractivity contribution in [2.24, 2.45) is 0 Å². The lowest BCUT2D eigenvalue weighted by Crippen LogP contribution is -2.06. The Hall–Kier alpha value is -1.36. The predicted molar refractivity (Wildman–Crippen MR) is 63.1 cm³/mol. The summed E-state index contributed by atoms with van der Waals surface area (Å²) in [5.41, 5.74) is 1.39. The van der Waals surface area contributed by atoms with Crippen molar-refractivity contribution in [1.82, 2.24) is 14.6 Å². The third kappa shape index (κ3) is 1.43. The Morgan fingerprint density at radius 3 is 3.12 bits per heavy atom. The maximum Gasteiger partial charge on any atom is 0.166 e. The first-order valence-corrected chi connectivity index (χ1v) is 6.42. The van der Waals surface area contributed by atoms with Crippen molar-refractivity contribution in [1.29, 1.82) is 0 Å². The first-order valence-electron chi connectivity index (χ1n) is 5.27. The molecule has 1 atom stereocenters. The first-order chi connectivity index (χ1) is 7.90. The van der Waals surface area contributed by atoms with Gasteiger partial charge in [-0.15, -0.1) is 10.2 Å². The van der Waals surface area contributed by atoms with Gasteiger partial charge in [-0.05, 0) is 24.3 Å². The number of carbonyl (C=O) groups excluding carboxylic acids is 1. The smallest absolute Gasteiger partial charge is 0.166 e. The van der Waals surface area contributed by atoms with Crippen molar-refractivity contribution in [2.75, 3.05) is 11.5 Å². The van der Waals surface area contributed by atoms with E-state index in [1.807, 2.05) is 28.3 Å². The number of rotatable bonds is 2. The SMILES string of the molecule is O=Cc1cccc2nnc(C3CCSC3)n12. The van der Waals surface area contributed by atoms with Crippen LogP contribution in [0.5, 0.6) is 0 Å². The van der Waals surface area contributed by atoms with Crippen LogP contribution in [0, 0.1) is 0 Å². The van der Waals surface area contributed by atoms with E-state index in [-0.39, 0.29) is 0 Å². The van der Waals surface area contributed by atoms with Crippen molar-refractivity contribution < 1.29 is 4.79 Å². The van der Waals surface area contributed by atoms with Gasteiger partial charge in [0.05, 0.1) is 5.69 Å². The molecule has 0 amide bonds. The normalized spacial score (nSPS) is 20.4. The van der Waals surface area contributed by atoms with Crippen LogP contribution in [0.25, 0.3) is 5.65 Å². The summed E-state index contributed by atoms with van der Waals surface area (Å²) >= 11 is 1.93. The highest BCUT2D eigenvalue weighted by molar-refractivity contribution is 7.99. The molecule has 1 saturated heterocycles. The van der Waals surface area contributed by atoms with Gasteiger partial charge in [0.15, 0.2) is 11.9 Å². The molecule has 2 aromatic rings. The van der Waals surface area contributed by atoms with E-state index in [0.717, 1.165) is 29.9 Å². The number of nitrogens with zero attached hydrogens (tertiary/aromatic N) is 3. The average molecular weight is 233 g/mol. The molecule has 0 saturated carbocycles. The fraction of sp³-hybridized carbons (Fsp3) is 0.364. The number of pyridine rings is 1. The van der Waals surface area contributed by atoms with Crippen LogP contribution in [-0.2, 0) is 0 Å². The van der Waals surface area contributed by atoms with Gasteiger partial charge < -0.3 is 0 Å². The summed E-state index contributed by atoms with van der Waals surface area (Å²) < 4.78 is 1.88. The molecule has 16 heavy (non-hydrogen) atoms. The van der Waals surface area contributed by atoms with Crippen LogP contribution in [0.3, 0.4) is 0 Å². The molecule has 1 unspecified atom stereocenters. The molecule has 0 N–H and O–H groups in total. The summed E-state index contributed by atoms with van der Waals surface area (Å²) in [7, 11) is 0. The molecule has 5 heteroatoms. The van der Waals surface area contributed by atoms with Crippen molar-refractivity contribution >= 4 is 23.7 Å². The molecule has 2 aromatic heterocycles. The van der Waals surface area contributed by atoms with Crippen molar-refractivity contribution in [3.8, 4) is 0 Å². The summed E-state index contributed by atoms with van der Waals surface area (Å²) in [4.78, 5) is 11.0. The van der Waals surface area contributed by atoms with Gasteiger partial charge in [-0.1, -0.05) is 6.07 Å². The Kier molecular flexibility index (Phi) is 2.40. The molecule has 1 aliphatic heterocycles. The molecular formula is C11H11N3OS. The topological polar surface area (TPSA) is 47.3 Å². The number of aldehydes is 1. The minimum atomic E-state index is 0.432. The lowest BCUT2D eigenvalue weighted by molar-refractivity contribution is 0.111. The van der Waals surface area contributed by atoms with E-state index < -0.39 is 0 Å². The van der Waals surface area contributed by atoms with E-state index in [1.54, 1.807) is 6.07 Å². The lowest BCUT2D eigenvalue weighted by atomic mass is 10.1. The quantitative estimate of drug-likeness (QED) is 0.742. The maximum atomic E-state index is 11.0. The summed E-state index contributed by atoms with van der Waals surface area (Å²) in [6.07, 6.45) is 1.99. The number of carbonyl (C=O) groups is 1. The Labute approximate surface area is 97.1 Å². The van der Waals surface area contributed by atoms with Gasteiger partial charge in [-0.25, -0.2) is 0 Å². The summed E-state index contributed by atoms with van der Waals surface area (Å²) in [5, 5.41) is 8.34. The molecular weight excluding hydrogens is 222 g/mol. The molecule has 1 aliphatic rings. The number of hydrogen-bond donors (Lipinski definition) is 0. The minimum absolute atomic E-state index is 0.432. The lowest BCUT2D eigenvalue weighted by Gasteiger charge is -2.07. The van der Waals surface area contributed by atoms with Crippen LogP contribution in [0.2, 0.25) is 0 Å². The van der Waals surface area contributed by atoms with E-state index in [9.17, 15) is 4.79 Å². The summed E-state index contributed by atoms with van der Waals surface area (Å²) in [6, 6.07) is 5.52. The molecule has 1 fully saturated rings. The highest BCUT2D eigenvalue weighted by Gasteiger charge is 2.23. The van der Waals surface area contributed by atoms with Crippen LogP contribution in [0.4, 0.5) is 0 Å². The molecule has 82 valence electrons. The third-order valence-electron chi connectivity index (χ3n) is 2.90. The molecule has 0 radical (unpaired) electrons. The first kappa shape index (κ1) is 9.84. The Morgan fingerprint density at radius 2 is 2.38 bits per heavy atom. The van der Waals surface area contributed by atoms with Gasteiger partial charge in [0, 0.05) is 11.7 Å². The molecule has 3 heterocycles. The fourth-order valence-electron chi connectivity index (χ4n) is 2.08. The second-order valence-electron chi connectivity index (χ2n) is 3.88. The zero-order valence-electron chi connectivity index (χ0n) is 8.67. The predicted octanol–water partition coefficient (Wildman–Crippen LogP) is 1.76. The third-order valence-corrected chi connectivity index (χ3v) is 4.06. The van der Waals surface area contributed by atoms with Crippen LogP contribution in [-0.4, -0.2) is 32.4 Å². The van der Waals surface area contributed by atoms with Gasteiger partial charge >= 0.3 is 0 Å². The van der Waals surface area contributed by atoms with Crippen LogP contribution >= 0.6 is 11.8 Å². The molecule has 0 aliphatic carbocycles. The van der Waals surface area contributed by atoms with Gasteiger partial charge in [0.25, 0.3) is 0 Å². The van der Waals surface area contributed by atoms with E-state index in [1.165, 1.54) is 5.75 Å². The second-order valence-corrected chi connectivity index (χ2v) is 5.03. The van der Waals surface area contributed by atoms with Crippen LogP contribution in [0.15, 0.2) is 18.2 Å². The largest absolute Gasteiger partial charge is 0.296 e. The molecule has 0 bridgehead atoms. The summed E-state index contributed by atoms with van der Waals surface area (Å²) in [6.45, 7) is 0. The molecule has 0 aromatic carbocycles. The standard InChI is InChI=1S/C11H11N3OS/c15-6-9-2-1-3-10-12-13-11(14(9)10)8-4-5-16-7-8/h1-3,6,8H,4-5,7H2. The Balaban J connectivity index is 2.20. The molecule has 0 spiro atoms. The van der Waals surface area contributed by atoms with E-state index in [4.69, 9.17) is 0 Å². The fourth-order valence-corrected chi connectivity index (χ4v) is 3.30. The van der Waals surface area contributed by atoms with Gasteiger partial charge in [-0.3, -0.25) is 9.20 Å².